The zero-order valence-corrected chi connectivity index (χ0v) is 26.0. The number of rotatable bonds is 5. The van der Waals surface area contributed by atoms with Crippen LogP contribution in [0.25, 0.3) is 89.0 Å². The fourth-order valence-electron chi connectivity index (χ4n) is 6.46. The van der Waals surface area contributed by atoms with Crippen LogP contribution in [0.4, 0.5) is 0 Å². The van der Waals surface area contributed by atoms with Gasteiger partial charge in [-0.25, -0.2) is 19.9 Å². The van der Waals surface area contributed by atoms with E-state index in [0.29, 0.717) is 5.82 Å². The second-order valence-electron chi connectivity index (χ2n) is 11.9. The molecule has 0 unspecified atom stereocenters. The molecule has 0 aliphatic heterocycles. The fraction of sp³-hybridized carbons (Fsp3) is 0. The van der Waals surface area contributed by atoms with Gasteiger partial charge in [-0.3, -0.25) is 0 Å². The Balaban J connectivity index is 1.20. The summed E-state index contributed by atoms with van der Waals surface area (Å²) < 4.78 is 0. The maximum Gasteiger partial charge on any atom is 0.160 e. The minimum Gasteiger partial charge on any atom is -0.245 e. The fourth-order valence-corrected chi connectivity index (χ4v) is 6.46. The van der Waals surface area contributed by atoms with Crippen molar-refractivity contribution in [2.75, 3.05) is 0 Å². The van der Waals surface area contributed by atoms with Crippen molar-refractivity contribution in [3.63, 3.8) is 0 Å². The highest BCUT2D eigenvalue weighted by Crippen LogP contribution is 2.36. The number of pyridine rings is 2. The normalized spacial score (nSPS) is 11.3. The van der Waals surface area contributed by atoms with E-state index in [1.807, 2.05) is 42.5 Å². The van der Waals surface area contributed by atoms with Crippen LogP contribution < -0.4 is 0 Å². The Morgan fingerprint density at radius 2 is 0.833 bits per heavy atom. The number of hydrogen-bond donors (Lipinski definition) is 0. The van der Waals surface area contributed by atoms with Crippen molar-refractivity contribution in [3.8, 4) is 56.3 Å². The molecule has 0 atom stereocenters. The van der Waals surface area contributed by atoms with Gasteiger partial charge in [-0.15, -0.1) is 0 Å². The zero-order valence-electron chi connectivity index (χ0n) is 26.0. The van der Waals surface area contributed by atoms with Gasteiger partial charge in [-0.05, 0) is 23.8 Å². The highest BCUT2D eigenvalue weighted by Gasteiger charge is 2.16. The Morgan fingerprint density at radius 1 is 0.312 bits per heavy atom. The summed E-state index contributed by atoms with van der Waals surface area (Å²) in [5.74, 6) is 0.705. The quantitative estimate of drug-likeness (QED) is 0.181. The van der Waals surface area contributed by atoms with Crippen molar-refractivity contribution in [3.05, 3.63) is 170 Å². The van der Waals surface area contributed by atoms with E-state index in [0.717, 1.165) is 83.2 Å². The van der Waals surface area contributed by atoms with Crippen molar-refractivity contribution in [1.29, 1.82) is 0 Å². The van der Waals surface area contributed by atoms with Gasteiger partial charge in [-0.1, -0.05) is 152 Å². The van der Waals surface area contributed by atoms with Gasteiger partial charge in [0.15, 0.2) is 5.82 Å². The van der Waals surface area contributed by atoms with Crippen LogP contribution in [0, 0.1) is 0 Å². The third-order valence-corrected chi connectivity index (χ3v) is 8.86. The number of para-hydroxylation sites is 1. The van der Waals surface area contributed by atoms with E-state index in [4.69, 9.17) is 19.9 Å². The molecule has 0 saturated heterocycles. The molecule has 3 aromatic heterocycles. The molecule has 0 saturated carbocycles. The van der Waals surface area contributed by atoms with Crippen LogP contribution in [0.1, 0.15) is 0 Å². The molecule has 0 fully saturated rings. The molecule has 0 aliphatic rings. The molecule has 0 amide bonds. The largest absolute Gasteiger partial charge is 0.245 e. The maximum absolute atomic E-state index is 5.22. The summed E-state index contributed by atoms with van der Waals surface area (Å²) in [6.07, 6.45) is 0. The van der Waals surface area contributed by atoms with Crippen molar-refractivity contribution in [2.24, 2.45) is 0 Å². The first-order valence-electron chi connectivity index (χ1n) is 16.1. The van der Waals surface area contributed by atoms with E-state index in [9.17, 15) is 0 Å². The van der Waals surface area contributed by atoms with Gasteiger partial charge < -0.3 is 0 Å². The lowest BCUT2D eigenvalue weighted by Gasteiger charge is -2.13. The second kappa shape index (κ2) is 11.7. The molecule has 6 aromatic carbocycles. The molecular formula is C44H28N4. The van der Waals surface area contributed by atoms with E-state index >= 15 is 0 Å². The second-order valence-corrected chi connectivity index (χ2v) is 11.9. The number of fused-ring (bicyclic) bond motifs is 4. The van der Waals surface area contributed by atoms with E-state index in [2.05, 4.69) is 127 Å². The predicted molar refractivity (Wildman–Crippen MR) is 197 cm³/mol. The van der Waals surface area contributed by atoms with Gasteiger partial charge in [0, 0.05) is 44.0 Å². The lowest BCUT2D eigenvalue weighted by atomic mass is 9.97. The van der Waals surface area contributed by atoms with Crippen molar-refractivity contribution >= 4 is 32.7 Å². The third kappa shape index (κ3) is 4.97. The maximum atomic E-state index is 5.22. The number of nitrogens with zero attached hydrogens (tertiary/aromatic N) is 4. The number of aromatic nitrogens is 4. The van der Waals surface area contributed by atoms with E-state index in [-0.39, 0.29) is 0 Å². The highest BCUT2D eigenvalue weighted by molar-refractivity contribution is 6.05. The monoisotopic (exact) mass is 612 g/mol. The molecule has 0 radical (unpaired) electrons. The SMILES string of the molecule is c1ccc(-c2ccc3ccc4ccc(-c5cccc(-c6cccc7c(-c8ccccc8)nc(-c8ccccc8)nc67)c5)nc4c3n2)cc1. The standard InChI is InChI=1S/C44H28N4/c1-4-12-29(13-5-1)38-26-24-31-22-23-32-25-27-39(46-42(32)41(31)45-38)35-19-10-18-34(28-35)36-20-11-21-37-40(30-14-6-2-7-15-30)47-44(48-43(36)37)33-16-8-3-9-17-33/h1-28H. The van der Waals surface area contributed by atoms with E-state index in [1.165, 1.54) is 0 Å². The minimum atomic E-state index is 0.705. The van der Waals surface area contributed by atoms with Gasteiger partial charge in [-0.2, -0.15) is 0 Å². The predicted octanol–water partition coefficient (Wildman–Crippen LogP) is 11.1. The van der Waals surface area contributed by atoms with Gasteiger partial charge in [0.1, 0.15) is 0 Å². The summed E-state index contributed by atoms with van der Waals surface area (Å²) in [5, 5.41) is 3.14. The first-order valence-corrected chi connectivity index (χ1v) is 16.1. The van der Waals surface area contributed by atoms with E-state index < -0.39 is 0 Å². The molecule has 0 aliphatic carbocycles. The molecule has 4 nitrogen and oxygen atoms in total. The number of benzene rings is 6. The Labute approximate surface area is 278 Å². The van der Waals surface area contributed by atoms with Crippen molar-refractivity contribution < 1.29 is 0 Å². The first-order chi connectivity index (χ1) is 23.8. The zero-order chi connectivity index (χ0) is 31.9. The molecule has 0 bridgehead atoms. The Bertz CT molecular complexity index is 2600. The van der Waals surface area contributed by atoms with E-state index in [1.54, 1.807) is 0 Å². The van der Waals surface area contributed by atoms with Gasteiger partial charge >= 0.3 is 0 Å². The van der Waals surface area contributed by atoms with Crippen LogP contribution in [0.2, 0.25) is 0 Å². The average molecular weight is 613 g/mol. The van der Waals surface area contributed by atoms with Crippen LogP contribution in [0.15, 0.2) is 170 Å². The van der Waals surface area contributed by atoms with Gasteiger partial charge in [0.05, 0.1) is 33.6 Å². The minimum absolute atomic E-state index is 0.705. The van der Waals surface area contributed by atoms with Gasteiger partial charge in [0.2, 0.25) is 0 Å². The topological polar surface area (TPSA) is 51.6 Å². The highest BCUT2D eigenvalue weighted by atomic mass is 14.9. The number of hydrogen-bond acceptors (Lipinski definition) is 4. The smallest absolute Gasteiger partial charge is 0.160 e. The third-order valence-electron chi connectivity index (χ3n) is 8.86. The summed E-state index contributed by atoms with van der Waals surface area (Å²) in [4.78, 5) is 20.6. The lowest BCUT2D eigenvalue weighted by molar-refractivity contribution is 1.23. The average Bonchev–Trinajstić information content (AvgIpc) is 3.18. The molecule has 9 rings (SSSR count). The van der Waals surface area contributed by atoms with Crippen LogP contribution in [-0.4, -0.2) is 19.9 Å². The molecule has 0 N–H and O–H groups in total. The lowest BCUT2D eigenvalue weighted by Crippen LogP contribution is -1.97. The van der Waals surface area contributed by atoms with Crippen LogP contribution in [-0.2, 0) is 0 Å². The summed E-state index contributed by atoms with van der Waals surface area (Å²) >= 11 is 0. The van der Waals surface area contributed by atoms with Crippen molar-refractivity contribution in [1.82, 2.24) is 19.9 Å². The summed E-state index contributed by atoms with van der Waals surface area (Å²) in [5.41, 5.74) is 11.7. The Hall–Kier alpha value is -6.52. The van der Waals surface area contributed by atoms with Crippen LogP contribution in [0.5, 0.6) is 0 Å². The van der Waals surface area contributed by atoms with Gasteiger partial charge in [0.25, 0.3) is 0 Å². The molecule has 9 aromatic rings. The van der Waals surface area contributed by atoms with Crippen LogP contribution in [0.3, 0.4) is 0 Å². The van der Waals surface area contributed by atoms with Crippen LogP contribution >= 0.6 is 0 Å². The molecule has 4 heteroatoms. The Morgan fingerprint density at radius 3 is 1.50 bits per heavy atom. The molecule has 3 heterocycles. The molecular weight excluding hydrogens is 585 g/mol. The molecule has 224 valence electrons. The molecule has 48 heavy (non-hydrogen) atoms. The first kappa shape index (κ1) is 27.8. The molecule has 0 spiro atoms. The van der Waals surface area contributed by atoms with Crippen molar-refractivity contribution in [2.45, 2.75) is 0 Å². The summed E-state index contributed by atoms with van der Waals surface area (Å²) in [7, 11) is 0. The summed E-state index contributed by atoms with van der Waals surface area (Å²) in [6, 6.07) is 58.5. The summed E-state index contributed by atoms with van der Waals surface area (Å²) in [6.45, 7) is 0. The Kier molecular flexibility index (Phi) is 6.76.